The first-order chi connectivity index (χ1) is 17.6. The van der Waals surface area contributed by atoms with E-state index in [1.807, 2.05) is 60.7 Å². The first kappa shape index (κ1) is 24.6. The van der Waals surface area contributed by atoms with Crippen molar-refractivity contribution < 1.29 is 33.0 Å². The number of β-lactam (4-membered cyclic amide) rings is 1. The number of carbonyl (C=O) groups excluding carboxylic acids is 2. The number of hydrogen-bond donors (Lipinski definition) is 3. The van der Waals surface area contributed by atoms with Crippen molar-refractivity contribution in [1.29, 1.82) is 0 Å². The second kappa shape index (κ2) is 9.11. The monoisotopic (exact) mass is 522 g/mol. The lowest BCUT2D eigenvalue weighted by molar-refractivity contribution is -0.164. The molecule has 192 valence electrons. The molecule has 9 nitrogen and oxygen atoms in total. The number of carbonyl (C=O) groups is 2. The Balaban J connectivity index is 1.49. The lowest BCUT2D eigenvalue weighted by Crippen LogP contribution is -2.59. The minimum Gasteiger partial charge on any atom is -0.504 e. The zero-order valence-electron chi connectivity index (χ0n) is 19.9. The Bertz CT molecular complexity index is 1410. The predicted octanol–water partition coefficient (Wildman–Crippen LogP) is 2.96. The van der Waals surface area contributed by atoms with E-state index < -0.39 is 44.0 Å². The first-order valence-corrected chi connectivity index (χ1v) is 13.3. The SMILES string of the molecule is CC1(CNc2ccc(O)c(O)c2)C(C(=O)OC(c2ccccc2)c2ccccc2)N2C(=O)CC2S1(=O)=O. The molecule has 0 aliphatic carbocycles. The number of rotatable bonds is 7. The van der Waals surface area contributed by atoms with E-state index in [0.717, 1.165) is 4.90 Å². The van der Waals surface area contributed by atoms with Crippen molar-refractivity contribution in [3.8, 4) is 11.5 Å². The number of esters is 1. The number of benzene rings is 3. The van der Waals surface area contributed by atoms with Gasteiger partial charge in [-0.1, -0.05) is 60.7 Å². The minimum atomic E-state index is -3.98. The number of amides is 1. The fourth-order valence-electron chi connectivity index (χ4n) is 4.97. The molecule has 2 heterocycles. The van der Waals surface area contributed by atoms with Gasteiger partial charge in [0, 0.05) is 18.3 Å². The highest BCUT2D eigenvalue weighted by Gasteiger charge is 2.70. The Morgan fingerprint density at radius 3 is 2.16 bits per heavy atom. The molecule has 0 radical (unpaired) electrons. The summed E-state index contributed by atoms with van der Waals surface area (Å²) >= 11 is 0. The molecule has 2 saturated heterocycles. The lowest BCUT2D eigenvalue weighted by Gasteiger charge is -2.37. The summed E-state index contributed by atoms with van der Waals surface area (Å²) in [5.41, 5.74) is 1.74. The maximum Gasteiger partial charge on any atom is 0.331 e. The Morgan fingerprint density at radius 1 is 1.03 bits per heavy atom. The van der Waals surface area contributed by atoms with Crippen LogP contribution in [0.1, 0.15) is 30.6 Å². The van der Waals surface area contributed by atoms with E-state index in [0.29, 0.717) is 16.8 Å². The van der Waals surface area contributed by atoms with Crippen LogP contribution in [0.2, 0.25) is 0 Å². The third-order valence-corrected chi connectivity index (χ3v) is 9.87. The van der Waals surface area contributed by atoms with Crippen molar-refractivity contribution in [2.24, 2.45) is 0 Å². The maximum atomic E-state index is 13.8. The molecule has 1 amide bonds. The number of sulfone groups is 1. The van der Waals surface area contributed by atoms with Gasteiger partial charge in [0.1, 0.15) is 10.1 Å². The van der Waals surface area contributed by atoms with E-state index in [2.05, 4.69) is 5.32 Å². The first-order valence-electron chi connectivity index (χ1n) is 11.7. The van der Waals surface area contributed by atoms with Crippen molar-refractivity contribution in [3.63, 3.8) is 0 Å². The smallest absolute Gasteiger partial charge is 0.331 e. The number of nitrogens with zero attached hydrogens (tertiary/aromatic N) is 1. The molecule has 0 spiro atoms. The van der Waals surface area contributed by atoms with E-state index in [1.165, 1.54) is 25.1 Å². The van der Waals surface area contributed by atoms with Crippen LogP contribution < -0.4 is 5.32 Å². The fraction of sp³-hybridized carbons (Fsp3) is 0.259. The van der Waals surface area contributed by atoms with Crippen LogP contribution in [0.15, 0.2) is 78.9 Å². The van der Waals surface area contributed by atoms with Gasteiger partial charge in [0.2, 0.25) is 5.91 Å². The molecule has 2 aliphatic heterocycles. The molecule has 0 bridgehead atoms. The average Bonchev–Trinajstić information content (AvgIpc) is 3.03. The molecule has 0 aromatic heterocycles. The number of fused-ring (bicyclic) bond motifs is 1. The molecular weight excluding hydrogens is 496 g/mol. The number of ether oxygens (including phenoxy) is 1. The minimum absolute atomic E-state index is 0.192. The fourth-order valence-corrected chi connectivity index (χ4v) is 7.28. The Hall–Kier alpha value is -4.05. The highest BCUT2D eigenvalue weighted by Crippen LogP contribution is 2.47. The summed E-state index contributed by atoms with van der Waals surface area (Å²) in [7, 11) is -3.98. The molecule has 3 aromatic carbocycles. The molecule has 3 atom stereocenters. The van der Waals surface area contributed by atoms with Crippen LogP contribution in [0.25, 0.3) is 0 Å². The van der Waals surface area contributed by atoms with Crippen LogP contribution in [0.5, 0.6) is 11.5 Å². The highest BCUT2D eigenvalue weighted by atomic mass is 32.2. The van der Waals surface area contributed by atoms with Gasteiger partial charge in [-0.3, -0.25) is 4.79 Å². The molecule has 2 fully saturated rings. The highest BCUT2D eigenvalue weighted by molar-refractivity contribution is 7.94. The molecule has 0 saturated carbocycles. The number of anilines is 1. The van der Waals surface area contributed by atoms with Crippen molar-refractivity contribution in [2.75, 3.05) is 11.9 Å². The molecule has 3 N–H and O–H groups in total. The van der Waals surface area contributed by atoms with Gasteiger partial charge in [-0.15, -0.1) is 0 Å². The topological polar surface area (TPSA) is 133 Å². The van der Waals surface area contributed by atoms with Gasteiger partial charge in [0.15, 0.2) is 33.5 Å². The van der Waals surface area contributed by atoms with Crippen LogP contribution in [0, 0.1) is 0 Å². The third-order valence-electron chi connectivity index (χ3n) is 7.09. The quantitative estimate of drug-likeness (QED) is 0.187. The molecule has 10 heteroatoms. The van der Waals surface area contributed by atoms with Crippen molar-refractivity contribution in [3.05, 3.63) is 90.0 Å². The van der Waals surface area contributed by atoms with Gasteiger partial charge in [-0.2, -0.15) is 0 Å². The van der Waals surface area contributed by atoms with Gasteiger partial charge in [-0.25, -0.2) is 13.2 Å². The van der Waals surface area contributed by atoms with Gasteiger partial charge in [-0.05, 0) is 30.2 Å². The number of hydrogen-bond acceptors (Lipinski definition) is 8. The number of phenolic OH excluding ortho intramolecular Hbond substituents is 2. The summed E-state index contributed by atoms with van der Waals surface area (Å²) in [5.74, 6) is -1.96. The van der Waals surface area contributed by atoms with Crippen LogP contribution >= 0.6 is 0 Å². The normalized spacial score (nSPS) is 23.8. The summed E-state index contributed by atoms with van der Waals surface area (Å²) in [6, 6.07) is 20.8. The van der Waals surface area contributed by atoms with Crippen LogP contribution in [0.4, 0.5) is 5.69 Å². The molecule has 3 aromatic rings. The molecule has 3 unspecified atom stereocenters. The van der Waals surface area contributed by atoms with Crippen molar-refractivity contribution in [1.82, 2.24) is 4.90 Å². The molecule has 5 rings (SSSR count). The van der Waals surface area contributed by atoms with Gasteiger partial charge < -0.3 is 25.2 Å². The van der Waals surface area contributed by atoms with E-state index in [4.69, 9.17) is 4.74 Å². The van der Waals surface area contributed by atoms with E-state index in [-0.39, 0.29) is 24.5 Å². The molecular formula is C27H26N2O7S. The van der Waals surface area contributed by atoms with E-state index >= 15 is 0 Å². The number of aromatic hydroxyl groups is 2. The van der Waals surface area contributed by atoms with Gasteiger partial charge in [0.05, 0.1) is 6.42 Å². The largest absolute Gasteiger partial charge is 0.504 e. The predicted molar refractivity (Wildman–Crippen MR) is 135 cm³/mol. The number of phenols is 2. The zero-order valence-corrected chi connectivity index (χ0v) is 20.8. The average molecular weight is 523 g/mol. The summed E-state index contributed by atoms with van der Waals surface area (Å²) in [6.07, 6.45) is -0.998. The summed E-state index contributed by atoms with van der Waals surface area (Å²) in [5, 5.41) is 21.2. The van der Waals surface area contributed by atoms with Crippen LogP contribution in [0.3, 0.4) is 0 Å². The van der Waals surface area contributed by atoms with Gasteiger partial charge in [0.25, 0.3) is 0 Å². The van der Waals surface area contributed by atoms with Crippen LogP contribution in [-0.2, 0) is 24.2 Å². The summed E-state index contributed by atoms with van der Waals surface area (Å²) < 4.78 is 31.4. The summed E-state index contributed by atoms with van der Waals surface area (Å²) in [6.45, 7) is 1.19. The third kappa shape index (κ3) is 4.07. The van der Waals surface area contributed by atoms with Crippen LogP contribution in [-0.4, -0.2) is 58.1 Å². The number of nitrogens with one attached hydrogen (secondary N) is 1. The maximum absolute atomic E-state index is 13.8. The Morgan fingerprint density at radius 2 is 1.62 bits per heavy atom. The molecule has 37 heavy (non-hydrogen) atoms. The van der Waals surface area contributed by atoms with Gasteiger partial charge >= 0.3 is 5.97 Å². The van der Waals surface area contributed by atoms with E-state index in [9.17, 15) is 28.2 Å². The zero-order chi connectivity index (χ0) is 26.4. The van der Waals surface area contributed by atoms with Crippen molar-refractivity contribution >= 4 is 27.4 Å². The van der Waals surface area contributed by atoms with E-state index in [1.54, 1.807) is 0 Å². The second-order valence-electron chi connectivity index (χ2n) is 9.42. The second-order valence-corrected chi connectivity index (χ2v) is 12.0. The summed E-state index contributed by atoms with van der Waals surface area (Å²) in [4.78, 5) is 27.4. The van der Waals surface area contributed by atoms with Crippen molar-refractivity contribution in [2.45, 2.75) is 35.6 Å². The Labute approximate surface area is 214 Å². The lowest BCUT2D eigenvalue weighted by atomic mass is 9.95. The standard InChI is InChI=1S/C27H26N2O7S/c1-27(16-28-19-12-13-20(30)21(31)14-19)25(29-22(32)15-23(29)37(27,34)35)26(33)36-24(17-8-4-2-5-9-17)18-10-6-3-7-11-18/h2-14,23-25,28,30-31H,15-16H2,1H3. The Kier molecular flexibility index (Phi) is 6.07. The molecule has 2 aliphatic rings.